The Bertz CT molecular complexity index is 848. The van der Waals surface area contributed by atoms with Gasteiger partial charge in [0.15, 0.2) is 17.6 Å². The van der Waals surface area contributed by atoms with Crippen LogP contribution in [0.5, 0.6) is 17.2 Å². The normalized spacial score (nSPS) is 11.3. The first-order valence-corrected chi connectivity index (χ1v) is 9.58. The van der Waals surface area contributed by atoms with Crippen molar-refractivity contribution in [2.45, 2.75) is 19.4 Å². The SMILES string of the molecule is C#CCOc1ccc(CCNC(=O)[C@@H](COc2ccc(F)cc2)OCC)cc1OC. The van der Waals surface area contributed by atoms with Gasteiger partial charge in [-0.3, -0.25) is 4.79 Å². The van der Waals surface area contributed by atoms with Crippen LogP contribution in [-0.4, -0.2) is 45.5 Å². The van der Waals surface area contributed by atoms with Gasteiger partial charge in [-0.25, -0.2) is 4.39 Å². The zero-order valence-corrected chi connectivity index (χ0v) is 17.2. The van der Waals surface area contributed by atoms with E-state index in [-0.39, 0.29) is 24.9 Å². The molecule has 2 aromatic carbocycles. The quantitative estimate of drug-likeness (QED) is 0.540. The minimum atomic E-state index is -0.769. The Labute approximate surface area is 176 Å². The third-order valence-electron chi connectivity index (χ3n) is 4.13. The summed E-state index contributed by atoms with van der Waals surface area (Å²) in [6.45, 7) is 2.76. The molecule has 2 aromatic rings. The van der Waals surface area contributed by atoms with Crippen molar-refractivity contribution >= 4 is 5.91 Å². The Morgan fingerprint density at radius 3 is 2.60 bits per heavy atom. The van der Waals surface area contributed by atoms with E-state index in [2.05, 4.69) is 11.2 Å². The number of halogens is 1. The van der Waals surface area contributed by atoms with Gasteiger partial charge in [0.2, 0.25) is 0 Å². The summed E-state index contributed by atoms with van der Waals surface area (Å²) in [6.07, 6.45) is 5.03. The summed E-state index contributed by atoms with van der Waals surface area (Å²) < 4.78 is 34.7. The summed E-state index contributed by atoms with van der Waals surface area (Å²) in [5.74, 6) is 3.39. The predicted octanol–water partition coefficient (Wildman–Crippen LogP) is 2.99. The fourth-order valence-corrected chi connectivity index (χ4v) is 2.65. The van der Waals surface area contributed by atoms with Crippen molar-refractivity contribution in [1.29, 1.82) is 0 Å². The number of benzene rings is 2. The van der Waals surface area contributed by atoms with Crippen LogP contribution in [-0.2, 0) is 16.0 Å². The topological polar surface area (TPSA) is 66.0 Å². The number of ether oxygens (including phenoxy) is 4. The van der Waals surface area contributed by atoms with Gasteiger partial charge < -0.3 is 24.3 Å². The van der Waals surface area contributed by atoms with Crippen LogP contribution in [0.3, 0.4) is 0 Å². The second-order valence-electron chi connectivity index (χ2n) is 6.23. The van der Waals surface area contributed by atoms with Gasteiger partial charge in [0.25, 0.3) is 5.91 Å². The zero-order chi connectivity index (χ0) is 21.8. The highest BCUT2D eigenvalue weighted by Gasteiger charge is 2.19. The molecule has 7 heteroatoms. The lowest BCUT2D eigenvalue weighted by atomic mass is 10.1. The van der Waals surface area contributed by atoms with E-state index in [1.807, 2.05) is 12.1 Å². The fraction of sp³-hybridized carbons (Fsp3) is 0.348. The number of carbonyl (C=O) groups excluding carboxylic acids is 1. The smallest absolute Gasteiger partial charge is 0.252 e. The summed E-state index contributed by atoms with van der Waals surface area (Å²) in [5.41, 5.74) is 0.968. The molecule has 160 valence electrons. The Morgan fingerprint density at radius 2 is 1.93 bits per heavy atom. The average Bonchev–Trinajstić information content (AvgIpc) is 2.76. The van der Waals surface area contributed by atoms with Crippen molar-refractivity contribution in [2.24, 2.45) is 0 Å². The highest BCUT2D eigenvalue weighted by Crippen LogP contribution is 2.28. The summed E-state index contributed by atoms with van der Waals surface area (Å²) in [4.78, 5) is 12.5. The van der Waals surface area contributed by atoms with Gasteiger partial charge in [-0.1, -0.05) is 12.0 Å². The molecule has 0 bridgehead atoms. The number of methoxy groups -OCH3 is 1. The summed E-state index contributed by atoms with van der Waals surface area (Å²) in [5, 5.41) is 2.85. The van der Waals surface area contributed by atoms with E-state index in [1.54, 1.807) is 20.1 Å². The van der Waals surface area contributed by atoms with E-state index in [1.165, 1.54) is 24.3 Å². The second-order valence-corrected chi connectivity index (χ2v) is 6.23. The lowest BCUT2D eigenvalue weighted by Gasteiger charge is -2.18. The van der Waals surface area contributed by atoms with Crippen LogP contribution < -0.4 is 19.5 Å². The van der Waals surface area contributed by atoms with E-state index in [9.17, 15) is 9.18 Å². The van der Waals surface area contributed by atoms with Gasteiger partial charge in [0.1, 0.15) is 24.8 Å². The second kappa shape index (κ2) is 12.3. The molecular weight excluding hydrogens is 389 g/mol. The lowest BCUT2D eigenvalue weighted by Crippen LogP contribution is -2.41. The highest BCUT2D eigenvalue weighted by molar-refractivity contribution is 5.81. The average molecular weight is 415 g/mol. The first-order chi connectivity index (χ1) is 14.6. The maximum absolute atomic E-state index is 13.0. The van der Waals surface area contributed by atoms with Crippen LogP contribution in [0.2, 0.25) is 0 Å². The van der Waals surface area contributed by atoms with Crippen LogP contribution in [0, 0.1) is 18.2 Å². The minimum absolute atomic E-state index is 0.0281. The largest absolute Gasteiger partial charge is 0.493 e. The molecule has 0 aliphatic carbocycles. The molecule has 2 rings (SSSR count). The minimum Gasteiger partial charge on any atom is -0.493 e. The molecule has 0 aromatic heterocycles. The van der Waals surface area contributed by atoms with Gasteiger partial charge in [-0.05, 0) is 55.3 Å². The third-order valence-corrected chi connectivity index (χ3v) is 4.13. The lowest BCUT2D eigenvalue weighted by molar-refractivity contribution is -0.134. The van der Waals surface area contributed by atoms with Gasteiger partial charge in [0.05, 0.1) is 7.11 Å². The van der Waals surface area contributed by atoms with E-state index >= 15 is 0 Å². The van der Waals surface area contributed by atoms with Crippen LogP contribution >= 0.6 is 0 Å². The van der Waals surface area contributed by atoms with E-state index in [4.69, 9.17) is 25.4 Å². The molecular formula is C23H26FNO5. The monoisotopic (exact) mass is 415 g/mol. The number of carbonyl (C=O) groups is 1. The van der Waals surface area contributed by atoms with Gasteiger partial charge in [0, 0.05) is 13.2 Å². The number of nitrogens with one attached hydrogen (secondary N) is 1. The van der Waals surface area contributed by atoms with Gasteiger partial charge in [-0.15, -0.1) is 6.42 Å². The Morgan fingerprint density at radius 1 is 1.17 bits per heavy atom. The van der Waals surface area contributed by atoms with Crippen LogP contribution in [0.15, 0.2) is 42.5 Å². The van der Waals surface area contributed by atoms with Crippen molar-refractivity contribution in [1.82, 2.24) is 5.32 Å². The summed E-state index contributed by atoms with van der Waals surface area (Å²) in [7, 11) is 1.55. The van der Waals surface area contributed by atoms with Gasteiger partial charge in [-0.2, -0.15) is 0 Å². The molecule has 0 saturated carbocycles. The molecule has 0 aliphatic rings. The summed E-state index contributed by atoms with van der Waals surface area (Å²) in [6, 6.07) is 11.1. The van der Waals surface area contributed by atoms with Crippen molar-refractivity contribution in [3.8, 4) is 29.6 Å². The molecule has 0 fully saturated rings. The predicted molar refractivity (Wildman–Crippen MR) is 111 cm³/mol. The Hall–Kier alpha value is -3.24. The first kappa shape index (κ1) is 23.0. The molecule has 1 N–H and O–H groups in total. The third kappa shape index (κ3) is 7.30. The van der Waals surface area contributed by atoms with Crippen molar-refractivity contribution in [2.75, 3.05) is 33.5 Å². The zero-order valence-electron chi connectivity index (χ0n) is 17.2. The molecule has 0 radical (unpaired) electrons. The molecule has 0 saturated heterocycles. The number of terminal acetylenes is 1. The Kier molecular flexibility index (Phi) is 9.49. The molecule has 30 heavy (non-hydrogen) atoms. The maximum Gasteiger partial charge on any atom is 0.252 e. The van der Waals surface area contributed by atoms with E-state index in [0.29, 0.717) is 36.8 Å². The number of hydrogen-bond acceptors (Lipinski definition) is 5. The molecule has 0 unspecified atom stereocenters. The molecule has 1 amide bonds. The van der Waals surface area contributed by atoms with Crippen molar-refractivity contribution < 1.29 is 28.1 Å². The number of amides is 1. The van der Waals surface area contributed by atoms with Crippen LogP contribution in [0.1, 0.15) is 12.5 Å². The molecule has 0 heterocycles. The van der Waals surface area contributed by atoms with Crippen LogP contribution in [0.25, 0.3) is 0 Å². The Balaban J connectivity index is 1.86. The van der Waals surface area contributed by atoms with Crippen LogP contribution in [0.4, 0.5) is 4.39 Å². The summed E-state index contributed by atoms with van der Waals surface area (Å²) >= 11 is 0. The van der Waals surface area contributed by atoms with Crippen molar-refractivity contribution in [3.05, 3.63) is 53.8 Å². The standard InChI is InChI=1S/C23H26FNO5/c1-4-14-29-20-11-6-17(15-21(20)27-3)12-13-25-23(26)22(28-5-2)16-30-19-9-7-18(24)8-10-19/h1,6-11,15,22H,5,12-14,16H2,2-3H3,(H,25,26)/t22-/m1/s1. The molecule has 0 spiro atoms. The maximum atomic E-state index is 13.0. The number of hydrogen-bond donors (Lipinski definition) is 1. The molecule has 6 nitrogen and oxygen atoms in total. The van der Waals surface area contributed by atoms with E-state index in [0.717, 1.165) is 5.56 Å². The number of rotatable bonds is 12. The molecule has 0 aliphatic heterocycles. The highest BCUT2D eigenvalue weighted by atomic mass is 19.1. The first-order valence-electron chi connectivity index (χ1n) is 9.58. The fourth-order valence-electron chi connectivity index (χ4n) is 2.65. The van der Waals surface area contributed by atoms with Crippen molar-refractivity contribution in [3.63, 3.8) is 0 Å². The van der Waals surface area contributed by atoms with E-state index < -0.39 is 6.10 Å². The van der Waals surface area contributed by atoms with Gasteiger partial charge >= 0.3 is 0 Å². The molecule has 1 atom stereocenters.